The number of nitrogens with zero attached hydrogens (tertiary/aromatic N) is 1. The minimum atomic E-state index is -0.605. The lowest BCUT2D eigenvalue weighted by atomic mass is 9.82. The highest BCUT2D eigenvalue weighted by molar-refractivity contribution is 5.22. The van der Waals surface area contributed by atoms with Gasteiger partial charge in [-0.1, -0.05) is 42.7 Å². The van der Waals surface area contributed by atoms with Gasteiger partial charge in [-0.2, -0.15) is 0 Å². The fourth-order valence-electron chi connectivity index (χ4n) is 3.90. The van der Waals surface area contributed by atoms with E-state index in [-0.39, 0.29) is 5.54 Å². The summed E-state index contributed by atoms with van der Waals surface area (Å²) in [6.45, 7) is 3.57. The van der Waals surface area contributed by atoms with Gasteiger partial charge >= 0.3 is 0 Å². The first-order valence-electron chi connectivity index (χ1n) is 7.76. The molecule has 0 unspecified atom stereocenters. The minimum absolute atomic E-state index is 0.115. The van der Waals surface area contributed by atoms with Crippen molar-refractivity contribution in [1.82, 2.24) is 4.90 Å². The maximum Gasteiger partial charge on any atom is 0.0926 e. The SMILES string of the molecule is Cc1ccc(CN2C[C@@H](O)[C@@H](O)CC23CCCC3)cc1. The van der Waals surface area contributed by atoms with Crippen LogP contribution in [0.3, 0.4) is 0 Å². The molecule has 0 bridgehead atoms. The smallest absolute Gasteiger partial charge is 0.0926 e. The first-order chi connectivity index (χ1) is 9.59. The number of aliphatic hydroxyl groups is 2. The van der Waals surface area contributed by atoms with Gasteiger partial charge in [-0.05, 0) is 31.7 Å². The first-order valence-corrected chi connectivity index (χ1v) is 7.76. The van der Waals surface area contributed by atoms with Crippen LogP contribution in [-0.4, -0.2) is 39.4 Å². The third-order valence-electron chi connectivity index (χ3n) is 5.14. The number of hydrogen-bond acceptors (Lipinski definition) is 3. The van der Waals surface area contributed by atoms with Gasteiger partial charge in [0, 0.05) is 18.6 Å². The monoisotopic (exact) mass is 275 g/mol. The lowest BCUT2D eigenvalue weighted by molar-refractivity contribution is -0.0998. The number of piperidine rings is 1. The molecular formula is C17H25NO2. The summed E-state index contributed by atoms with van der Waals surface area (Å²) in [5.74, 6) is 0. The van der Waals surface area contributed by atoms with Gasteiger partial charge in [-0.15, -0.1) is 0 Å². The molecule has 1 saturated carbocycles. The summed E-state index contributed by atoms with van der Waals surface area (Å²) in [5.41, 5.74) is 2.69. The molecule has 3 rings (SSSR count). The standard InChI is InChI=1S/C17H25NO2/c1-13-4-6-14(7-5-13)11-18-12-16(20)15(19)10-17(18)8-2-3-9-17/h4-7,15-16,19-20H,2-3,8-12H2,1H3/t15-,16+/m0/s1. The zero-order valence-electron chi connectivity index (χ0n) is 12.3. The van der Waals surface area contributed by atoms with Crippen molar-refractivity contribution in [3.05, 3.63) is 35.4 Å². The molecule has 110 valence electrons. The van der Waals surface area contributed by atoms with E-state index in [4.69, 9.17) is 0 Å². The van der Waals surface area contributed by atoms with Gasteiger partial charge < -0.3 is 10.2 Å². The second kappa shape index (κ2) is 5.47. The van der Waals surface area contributed by atoms with Gasteiger partial charge in [-0.3, -0.25) is 4.90 Å². The van der Waals surface area contributed by atoms with E-state index < -0.39 is 12.2 Å². The molecule has 20 heavy (non-hydrogen) atoms. The van der Waals surface area contributed by atoms with E-state index in [2.05, 4.69) is 36.1 Å². The molecule has 3 heteroatoms. The Balaban J connectivity index is 1.79. The summed E-state index contributed by atoms with van der Waals surface area (Å²) in [5, 5.41) is 20.1. The molecular weight excluding hydrogens is 250 g/mol. The molecule has 0 aromatic heterocycles. The lowest BCUT2D eigenvalue weighted by Gasteiger charge is -2.48. The summed E-state index contributed by atoms with van der Waals surface area (Å²) in [7, 11) is 0. The Morgan fingerprint density at radius 2 is 1.75 bits per heavy atom. The van der Waals surface area contributed by atoms with Crippen LogP contribution in [0.1, 0.15) is 43.2 Å². The van der Waals surface area contributed by atoms with Gasteiger partial charge in [0.2, 0.25) is 0 Å². The molecule has 2 fully saturated rings. The minimum Gasteiger partial charge on any atom is -0.390 e. The third-order valence-corrected chi connectivity index (χ3v) is 5.14. The molecule has 1 aliphatic carbocycles. The first kappa shape index (κ1) is 14.1. The molecule has 1 heterocycles. The molecule has 0 amide bonds. The summed E-state index contributed by atoms with van der Waals surface area (Å²) in [4.78, 5) is 2.42. The van der Waals surface area contributed by atoms with E-state index >= 15 is 0 Å². The zero-order valence-corrected chi connectivity index (χ0v) is 12.3. The fraction of sp³-hybridized carbons (Fsp3) is 0.647. The Hall–Kier alpha value is -0.900. The molecule has 1 aliphatic heterocycles. The maximum atomic E-state index is 10.0. The quantitative estimate of drug-likeness (QED) is 0.870. The molecule has 2 aliphatic rings. The number of hydrogen-bond donors (Lipinski definition) is 2. The normalized spacial score (nSPS) is 29.9. The lowest BCUT2D eigenvalue weighted by Crippen LogP contribution is -2.58. The number of likely N-dealkylation sites (tertiary alicyclic amines) is 1. The molecule has 1 saturated heterocycles. The molecule has 0 radical (unpaired) electrons. The molecule has 1 aromatic rings. The van der Waals surface area contributed by atoms with E-state index in [1.165, 1.54) is 24.0 Å². The fourth-order valence-corrected chi connectivity index (χ4v) is 3.90. The summed E-state index contributed by atoms with van der Waals surface area (Å²) in [6.07, 6.45) is 4.36. The van der Waals surface area contributed by atoms with Crippen LogP contribution in [-0.2, 0) is 6.54 Å². The van der Waals surface area contributed by atoms with Crippen LogP contribution in [0, 0.1) is 6.92 Å². The average molecular weight is 275 g/mol. The number of aliphatic hydroxyl groups excluding tert-OH is 2. The Bertz CT molecular complexity index is 451. The van der Waals surface area contributed by atoms with Crippen molar-refractivity contribution in [1.29, 1.82) is 0 Å². The number of rotatable bonds is 2. The molecule has 3 nitrogen and oxygen atoms in total. The second-order valence-electron chi connectivity index (χ2n) is 6.64. The van der Waals surface area contributed by atoms with Gasteiger partial charge in [-0.25, -0.2) is 0 Å². The van der Waals surface area contributed by atoms with Crippen LogP contribution in [0.15, 0.2) is 24.3 Å². The Labute approximate surface area is 121 Å². The topological polar surface area (TPSA) is 43.7 Å². The highest BCUT2D eigenvalue weighted by atomic mass is 16.3. The third kappa shape index (κ3) is 2.62. The van der Waals surface area contributed by atoms with Crippen molar-refractivity contribution < 1.29 is 10.2 Å². The number of benzene rings is 1. The Kier molecular flexibility index (Phi) is 3.85. The van der Waals surface area contributed by atoms with Crippen LogP contribution in [0.2, 0.25) is 0 Å². The van der Waals surface area contributed by atoms with Crippen molar-refractivity contribution in [2.75, 3.05) is 6.54 Å². The predicted octanol–water partition coefficient (Wildman–Crippen LogP) is 2.24. The summed E-state index contributed by atoms with van der Waals surface area (Å²) >= 11 is 0. The van der Waals surface area contributed by atoms with E-state index in [0.29, 0.717) is 6.54 Å². The highest BCUT2D eigenvalue weighted by Crippen LogP contribution is 2.42. The van der Waals surface area contributed by atoms with Crippen molar-refractivity contribution in [3.8, 4) is 0 Å². The van der Waals surface area contributed by atoms with Gasteiger partial charge in [0.15, 0.2) is 0 Å². The summed E-state index contributed by atoms with van der Waals surface area (Å²) < 4.78 is 0. The van der Waals surface area contributed by atoms with Gasteiger partial charge in [0.1, 0.15) is 0 Å². The van der Waals surface area contributed by atoms with E-state index in [1.807, 2.05) is 0 Å². The molecule has 2 atom stereocenters. The summed E-state index contributed by atoms with van der Waals surface area (Å²) in [6, 6.07) is 8.64. The molecule has 1 aromatic carbocycles. The van der Waals surface area contributed by atoms with Crippen LogP contribution >= 0.6 is 0 Å². The van der Waals surface area contributed by atoms with Crippen molar-refractivity contribution in [2.45, 2.75) is 63.3 Å². The number of β-amino-alcohol motifs (C(OH)–C–C–N with tert-alkyl or cyclic N) is 1. The van der Waals surface area contributed by atoms with Crippen molar-refractivity contribution in [3.63, 3.8) is 0 Å². The zero-order chi connectivity index (χ0) is 14.2. The van der Waals surface area contributed by atoms with Crippen molar-refractivity contribution in [2.24, 2.45) is 0 Å². The average Bonchev–Trinajstić information content (AvgIpc) is 2.88. The van der Waals surface area contributed by atoms with Crippen molar-refractivity contribution >= 4 is 0 Å². The predicted molar refractivity (Wildman–Crippen MR) is 79.4 cm³/mol. The van der Waals surface area contributed by atoms with Gasteiger partial charge in [0.05, 0.1) is 12.2 Å². The molecule has 2 N–H and O–H groups in total. The van der Waals surface area contributed by atoms with Crippen LogP contribution in [0.4, 0.5) is 0 Å². The Morgan fingerprint density at radius 3 is 2.40 bits per heavy atom. The second-order valence-corrected chi connectivity index (χ2v) is 6.64. The van der Waals surface area contributed by atoms with Crippen LogP contribution in [0.25, 0.3) is 0 Å². The van der Waals surface area contributed by atoms with Crippen LogP contribution in [0.5, 0.6) is 0 Å². The van der Waals surface area contributed by atoms with E-state index in [0.717, 1.165) is 25.8 Å². The van der Waals surface area contributed by atoms with Gasteiger partial charge in [0.25, 0.3) is 0 Å². The van der Waals surface area contributed by atoms with E-state index in [1.54, 1.807) is 0 Å². The van der Waals surface area contributed by atoms with E-state index in [9.17, 15) is 10.2 Å². The van der Waals surface area contributed by atoms with Crippen LogP contribution < -0.4 is 0 Å². The number of aryl methyl sites for hydroxylation is 1. The highest BCUT2D eigenvalue weighted by Gasteiger charge is 2.46. The Morgan fingerprint density at radius 1 is 1.10 bits per heavy atom. The maximum absolute atomic E-state index is 10.0. The largest absolute Gasteiger partial charge is 0.390 e. The molecule has 1 spiro atoms.